The lowest BCUT2D eigenvalue weighted by Crippen LogP contribution is -2.30. The lowest BCUT2D eigenvalue weighted by Gasteiger charge is -2.24. The predicted octanol–water partition coefficient (Wildman–Crippen LogP) is 5.75. The average Bonchev–Trinajstić information content (AvgIpc) is 2.93. The first-order chi connectivity index (χ1) is 18.0. The number of benzene rings is 4. The molecule has 0 bridgehead atoms. The summed E-state index contributed by atoms with van der Waals surface area (Å²) < 4.78 is 5.18. The summed E-state index contributed by atoms with van der Waals surface area (Å²) in [5.41, 5.74) is 5.67. The first-order valence-electron chi connectivity index (χ1n) is 12.4. The molecule has 2 amide bonds. The Balaban J connectivity index is 1.40. The number of rotatable bonds is 10. The highest BCUT2D eigenvalue weighted by Gasteiger charge is 2.18. The van der Waals surface area contributed by atoms with Crippen LogP contribution in [0.25, 0.3) is 0 Å². The summed E-state index contributed by atoms with van der Waals surface area (Å²) in [7, 11) is 1.64. The maximum Gasteiger partial charge on any atom is 0.258 e. The van der Waals surface area contributed by atoms with Crippen molar-refractivity contribution < 1.29 is 14.3 Å². The molecular formula is C32H32N2O3. The Bertz CT molecular complexity index is 1320. The Kier molecular flexibility index (Phi) is 8.71. The van der Waals surface area contributed by atoms with E-state index >= 15 is 0 Å². The number of anilines is 1. The van der Waals surface area contributed by atoms with Crippen LogP contribution in [0.15, 0.2) is 103 Å². The van der Waals surface area contributed by atoms with Crippen molar-refractivity contribution in [2.24, 2.45) is 0 Å². The number of hydrogen-bond acceptors (Lipinski definition) is 3. The van der Waals surface area contributed by atoms with Crippen LogP contribution in [0, 0.1) is 6.92 Å². The summed E-state index contributed by atoms with van der Waals surface area (Å²) >= 11 is 0. The zero-order valence-corrected chi connectivity index (χ0v) is 21.3. The third-order valence-corrected chi connectivity index (χ3v) is 6.20. The van der Waals surface area contributed by atoms with Gasteiger partial charge in [-0.05, 0) is 66.4 Å². The Labute approximate surface area is 218 Å². The Morgan fingerprint density at radius 2 is 1.49 bits per heavy atom. The number of aryl methyl sites for hydroxylation is 1. The monoisotopic (exact) mass is 492 g/mol. The summed E-state index contributed by atoms with van der Waals surface area (Å²) in [5, 5.41) is 2.99. The molecule has 0 aromatic heterocycles. The molecule has 0 unspecified atom stereocenters. The molecule has 4 aromatic carbocycles. The number of ether oxygens (including phenoxy) is 1. The zero-order valence-electron chi connectivity index (χ0n) is 21.3. The van der Waals surface area contributed by atoms with E-state index in [9.17, 15) is 9.59 Å². The van der Waals surface area contributed by atoms with Crippen LogP contribution in [-0.2, 0) is 24.2 Å². The van der Waals surface area contributed by atoms with E-state index in [0.29, 0.717) is 18.7 Å². The van der Waals surface area contributed by atoms with E-state index in [0.717, 1.165) is 40.1 Å². The van der Waals surface area contributed by atoms with Gasteiger partial charge in [0.15, 0.2) is 0 Å². The fraction of sp³-hybridized carbons (Fsp3) is 0.188. The number of methoxy groups -OCH3 is 1. The topological polar surface area (TPSA) is 58.6 Å². The van der Waals surface area contributed by atoms with Crippen molar-refractivity contribution in [2.45, 2.75) is 26.3 Å². The fourth-order valence-corrected chi connectivity index (χ4v) is 4.19. The molecule has 0 radical (unpaired) electrons. The number of amides is 2. The minimum Gasteiger partial charge on any atom is -0.497 e. The van der Waals surface area contributed by atoms with Gasteiger partial charge in [-0.15, -0.1) is 0 Å². The van der Waals surface area contributed by atoms with Gasteiger partial charge < -0.3 is 15.0 Å². The summed E-state index contributed by atoms with van der Waals surface area (Å²) in [6, 6.07) is 33.0. The molecule has 5 heteroatoms. The van der Waals surface area contributed by atoms with E-state index in [4.69, 9.17) is 4.74 Å². The van der Waals surface area contributed by atoms with Crippen LogP contribution in [0.5, 0.6) is 5.75 Å². The zero-order chi connectivity index (χ0) is 26.0. The van der Waals surface area contributed by atoms with E-state index < -0.39 is 0 Å². The molecule has 0 fully saturated rings. The second-order valence-corrected chi connectivity index (χ2v) is 9.04. The van der Waals surface area contributed by atoms with Gasteiger partial charge in [-0.3, -0.25) is 9.59 Å². The molecule has 5 nitrogen and oxygen atoms in total. The van der Waals surface area contributed by atoms with Crippen LogP contribution in [0.3, 0.4) is 0 Å². The van der Waals surface area contributed by atoms with Crippen LogP contribution in [0.2, 0.25) is 0 Å². The standard InChI is InChI=1S/C32H32N2O3/c1-24-7-6-8-27(21-24)23-34(32(36)28-9-4-3-5-10-28)29-15-11-26(12-16-29)22-31(35)33-20-19-25-13-17-30(37-2)18-14-25/h3-18,21H,19-20,22-23H2,1-2H3,(H,33,35). The van der Waals surface area contributed by atoms with Crippen molar-refractivity contribution in [3.8, 4) is 5.75 Å². The van der Waals surface area contributed by atoms with Crippen molar-refractivity contribution in [3.63, 3.8) is 0 Å². The normalized spacial score (nSPS) is 10.5. The fourth-order valence-electron chi connectivity index (χ4n) is 4.19. The Morgan fingerprint density at radius 3 is 2.16 bits per heavy atom. The molecule has 37 heavy (non-hydrogen) atoms. The Morgan fingerprint density at radius 1 is 0.784 bits per heavy atom. The van der Waals surface area contributed by atoms with Gasteiger partial charge in [0.05, 0.1) is 20.1 Å². The summed E-state index contributed by atoms with van der Waals surface area (Å²) in [4.78, 5) is 27.7. The predicted molar refractivity (Wildman–Crippen MR) is 148 cm³/mol. The number of carbonyl (C=O) groups is 2. The first kappa shape index (κ1) is 25.7. The molecule has 0 aliphatic heterocycles. The second-order valence-electron chi connectivity index (χ2n) is 9.04. The van der Waals surface area contributed by atoms with Crippen LogP contribution >= 0.6 is 0 Å². The molecule has 0 aliphatic carbocycles. The van der Waals surface area contributed by atoms with E-state index in [-0.39, 0.29) is 18.2 Å². The van der Waals surface area contributed by atoms with Crippen LogP contribution in [0.4, 0.5) is 5.69 Å². The number of nitrogens with one attached hydrogen (secondary N) is 1. The molecule has 0 saturated carbocycles. The molecule has 0 aliphatic rings. The van der Waals surface area contributed by atoms with Crippen LogP contribution in [0.1, 0.15) is 32.6 Å². The van der Waals surface area contributed by atoms with E-state index in [1.165, 1.54) is 0 Å². The SMILES string of the molecule is COc1ccc(CCNC(=O)Cc2ccc(N(Cc3cccc(C)c3)C(=O)c3ccccc3)cc2)cc1. The maximum atomic E-state index is 13.4. The van der Waals surface area contributed by atoms with E-state index in [2.05, 4.69) is 11.4 Å². The van der Waals surface area contributed by atoms with Gasteiger partial charge in [0.1, 0.15) is 5.75 Å². The quantitative estimate of drug-likeness (QED) is 0.307. The molecule has 4 aromatic rings. The summed E-state index contributed by atoms with van der Waals surface area (Å²) in [5.74, 6) is 0.725. The molecule has 0 saturated heterocycles. The van der Waals surface area contributed by atoms with E-state index in [1.807, 2.05) is 104 Å². The van der Waals surface area contributed by atoms with Gasteiger partial charge in [0.25, 0.3) is 5.91 Å². The number of carbonyl (C=O) groups excluding carboxylic acids is 2. The van der Waals surface area contributed by atoms with E-state index in [1.54, 1.807) is 12.0 Å². The minimum absolute atomic E-state index is 0.0294. The molecule has 0 spiro atoms. The Hall–Kier alpha value is -4.38. The summed E-state index contributed by atoms with van der Waals surface area (Å²) in [6.07, 6.45) is 1.04. The van der Waals surface area contributed by atoms with Gasteiger partial charge in [-0.2, -0.15) is 0 Å². The lowest BCUT2D eigenvalue weighted by atomic mass is 10.1. The van der Waals surface area contributed by atoms with Gasteiger partial charge in [-0.25, -0.2) is 0 Å². The first-order valence-corrected chi connectivity index (χ1v) is 12.4. The third-order valence-electron chi connectivity index (χ3n) is 6.20. The largest absolute Gasteiger partial charge is 0.497 e. The molecule has 0 atom stereocenters. The smallest absolute Gasteiger partial charge is 0.258 e. The van der Waals surface area contributed by atoms with Gasteiger partial charge in [-0.1, -0.05) is 72.3 Å². The molecule has 1 N–H and O–H groups in total. The summed E-state index contributed by atoms with van der Waals surface area (Å²) in [6.45, 7) is 3.07. The van der Waals surface area contributed by atoms with Crippen molar-refractivity contribution >= 4 is 17.5 Å². The highest BCUT2D eigenvalue weighted by atomic mass is 16.5. The maximum absolute atomic E-state index is 13.4. The van der Waals surface area contributed by atoms with Gasteiger partial charge >= 0.3 is 0 Å². The minimum atomic E-state index is -0.0638. The van der Waals surface area contributed by atoms with Gasteiger partial charge in [0, 0.05) is 17.8 Å². The average molecular weight is 493 g/mol. The highest BCUT2D eigenvalue weighted by Crippen LogP contribution is 2.22. The van der Waals surface area contributed by atoms with Crippen molar-refractivity contribution in [1.82, 2.24) is 5.32 Å². The number of nitrogens with zero attached hydrogens (tertiary/aromatic N) is 1. The van der Waals surface area contributed by atoms with Gasteiger partial charge in [0.2, 0.25) is 5.91 Å². The number of hydrogen-bond donors (Lipinski definition) is 1. The van der Waals surface area contributed by atoms with Crippen LogP contribution in [-0.4, -0.2) is 25.5 Å². The lowest BCUT2D eigenvalue weighted by molar-refractivity contribution is -0.120. The van der Waals surface area contributed by atoms with Crippen molar-refractivity contribution in [3.05, 3.63) is 131 Å². The van der Waals surface area contributed by atoms with Crippen molar-refractivity contribution in [1.29, 1.82) is 0 Å². The molecule has 0 heterocycles. The third kappa shape index (κ3) is 7.31. The molecular weight excluding hydrogens is 460 g/mol. The van der Waals surface area contributed by atoms with Crippen LogP contribution < -0.4 is 15.0 Å². The molecule has 4 rings (SSSR count). The molecule has 188 valence electrons. The highest BCUT2D eigenvalue weighted by molar-refractivity contribution is 6.06. The second kappa shape index (κ2) is 12.5. The van der Waals surface area contributed by atoms with Crippen molar-refractivity contribution in [2.75, 3.05) is 18.6 Å².